The van der Waals surface area contributed by atoms with Crippen LogP contribution in [0.4, 0.5) is 0 Å². The highest BCUT2D eigenvalue weighted by Gasteiger charge is 2.52. The van der Waals surface area contributed by atoms with E-state index in [0.717, 1.165) is 5.75 Å². The quantitative estimate of drug-likeness (QED) is 0.225. The molecule has 3 atom stereocenters. The molecule has 0 aromatic heterocycles. The molecule has 0 aromatic carbocycles. The average Bonchev–Trinajstić information content (AvgIpc) is 3.54. The number of esters is 1. The molecule has 34 heavy (non-hydrogen) atoms. The van der Waals surface area contributed by atoms with Gasteiger partial charge in [-0.1, -0.05) is 41.5 Å². The number of ether oxygens (including phenoxy) is 1. The van der Waals surface area contributed by atoms with E-state index in [1.807, 2.05) is 6.08 Å². The summed E-state index contributed by atoms with van der Waals surface area (Å²) in [5, 5.41) is 11.0. The molecule has 1 aliphatic carbocycles. The Hall–Kier alpha value is -2.21. The maximum absolute atomic E-state index is 13.1. The van der Waals surface area contributed by atoms with Crippen molar-refractivity contribution in [1.29, 1.82) is 0 Å². The number of rotatable bonds is 1. The Bertz CT molecular complexity index is 845. The van der Waals surface area contributed by atoms with Crippen molar-refractivity contribution in [2.45, 2.75) is 69.7 Å². The molecule has 1 saturated carbocycles. The molecule has 3 aliphatic rings. The van der Waals surface area contributed by atoms with Crippen LogP contribution in [0.25, 0.3) is 0 Å². The fraction of sp³-hybridized carbons (Fsp3) is 0.682. The van der Waals surface area contributed by atoms with Crippen molar-refractivity contribution < 1.29 is 28.7 Å². The van der Waals surface area contributed by atoms with Crippen molar-refractivity contribution >= 4 is 51.2 Å². The summed E-state index contributed by atoms with van der Waals surface area (Å²) in [6.45, 7) is 3.64. The smallest absolute Gasteiger partial charge is 0.308 e. The molecule has 10 nitrogen and oxygen atoms in total. The zero-order chi connectivity index (χ0) is 24.7. The zero-order valence-corrected chi connectivity index (χ0v) is 21.0. The predicted molar refractivity (Wildman–Crippen MR) is 130 cm³/mol. The first-order chi connectivity index (χ1) is 16.2. The van der Waals surface area contributed by atoms with Crippen LogP contribution < -0.4 is 21.3 Å². The van der Waals surface area contributed by atoms with Crippen molar-refractivity contribution in [3.05, 3.63) is 12.2 Å². The molecule has 4 amide bonds. The first-order valence-corrected chi connectivity index (χ1v) is 14.0. The third kappa shape index (κ3) is 7.39. The third-order valence-corrected chi connectivity index (χ3v) is 8.21. The molecule has 0 radical (unpaired) electrons. The molecule has 3 rings (SSSR count). The molecule has 0 unspecified atom stereocenters. The molecule has 2 fully saturated rings. The van der Waals surface area contributed by atoms with E-state index in [1.54, 1.807) is 30.7 Å². The minimum Gasteiger partial charge on any atom is -0.458 e. The van der Waals surface area contributed by atoms with Crippen LogP contribution in [0.15, 0.2) is 12.2 Å². The fourth-order valence-electron chi connectivity index (χ4n) is 3.62. The van der Waals surface area contributed by atoms with Gasteiger partial charge in [0.15, 0.2) is 0 Å². The molecule has 2 bridgehead atoms. The maximum Gasteiger partial charge on any atom is 0.308 e. The lowest BCUT2D eigenvalue weighted by molar-refractivity contribution is -0.148. The van der Waals surface area contributed by atoms with Gasteiger partial charge < -0.3 is 26.0 Å². The molecule has 4 N–H and O–H groups in total. The standard InChI is InChI=1S/C22H32N4O6S2/c1-13(2)18-20(30)23-9-6-17(28)32-14-5-3-4-10-33-34-12-15(19(29)25-18)24-21(31)22(7-8-22)26-16(27)11-14/h3,5,13-15,18H,4,6-12H2,1-2H3,(H,23,30)(H,24,31)(H,25,29)(H,26,27)/b5-3+/t14-,15-,18-/m1/s1. The number of carbonyl (C=O) groups excluding carboxylic acids is 5. The predicted octanol–water partition coefficient (Wildman–Crippen LogP) is 0.424. The SMILES string of the molecule is CC(C)[C@H]1NC(=O)[C@H]2CSSCC/C=C/[C@H](CC(=O)NC3(CC3)C(=O)N2)OC(=O)CCNC1=O. The van der Waals surface area contributed by atoms with E-state index in [0.29, 0.717) is 25.0 Å². The molecule has 1 saturated heterocycles. The Kier molecular flexibility index (Phi) is 9.29. The van der Waals surface area contributed by atoms with Gasteiger partial charge in [-0.3, -0.25) is 24.0 Å². The first kappa shape index (κ1) is 26.4. The van der Waals surface area contributed by atoms with Gasteiger partial charge in [-0.05, 0) is 31.3 Å². The monoisotopic (exact) mass is 512 g/mol. The van der Waals surface area contributed by atoms with Gasteiger partial charge in [0.2, 0.25) is 23.6 Å². The third-order valence-electron chi connectivity index (χ3n) is 5.77. The van der Waals surface area contributed by atoms with Crippen LogP contribution in [-0.2, 0) is 28.7 Å². The summed E-state index contributed by atoms with van der Waals surface area (Å²) in [5.74, 6) is -1.45. The lowest BCUT2D eigenvalue weighted by atomic mass is 10.0. The number of hydrogen-bond acceptors (Lipinski definition) is 8. The molecule has 12 heteroatoms. The van der Waals surface area contributed by atoms with Gasteiger partial charge in [0.1, 0.15) is 23.7 Å². The first-order valence-electron chi connectivity index (χ1n) is 11.5. The van der Waals surface area contributed by atoms with Gasteiger partial charge in [-0.25, -0.2) is 0 Å². The van der Waals surface area contributed by atoms with Crippen molar-refractivity contribution in [3.8, 4) is 0 Å². The van der Waals surface area contributed by atoms with Crippen LogP contribution in [0.3, 0.4) is 0 Å². The molecular weight excluding hydrogens is 480 g/mol. The van der Waals surface area contributed by atoms with Gasteiger partial charge >= 0.3 is 5.97 Å². The van der Waals surface area contributed by atoms with E-state index in [4.69, 9.17) is 4.74 Å². The summed E-state index contributed by atoms with van der Waals surface area (Å²) in [4.78, 5) is 64.0. The van der Waals surface area contributed by atoms with E-state index in [2.05, 4.69) is 21.3 Å². The van der Waals surface area contributed by atoms with Crippen LogP contribution in [0, 0.1) is 5.92 Å². The minimum absolute atomic E-state index is 0.0369. The second kappa shape index (κ2) is 12.0. The Morgan fingerprint density at radius 1 is 1.06 bits per heavy atom. The van der Waals surface area contributed by atoms with E-state index in [9.17, 15) is 24.0 Å². The highest BCUT2D eigenvalue weighted by molar-refractivity contribution is 8.76. The molecule has 188 valence electrons. The fourth-order valence-corrected chi connectivity index (χ4v) is 5.77. The summed E-state index contributed by atoms with van der Waals surface area (Å²) in [6, 6.07) is -1.71. The Balaban J connectivity index is 1.92. The number of carbonyl (C=O) groups is 5. The lowest BCUT2D eigenvalue weighted by Crippen LogP contribution is -2.59. The average molecular weight is 513 g/mol. The second-order valence-electron chi connectivity index (χ2n) is 8.98. The maximum atomic E-state index is 13.1. The Labute approximate surface area is 206 Å². The summed E-state index contributed by atoms with van der Waals surface area (Å²) in [6.07, 6.45) is 4.17. The Morgan fingerprint density at radius 2 is 1.82 bits per heavy atom. The van der Waals surface area contributed by atoms with Gasteiger partial charge in [0.05, 0.1) is 12.8 Å². The normalized spacial score (nSPS) is 30.2. The largest absolute Gasteiger partial charge is 0.458 e. The molecule has 0 aromatic rings. The second-order valence-corrected chi connectivity index (χ2v) is 11.6. The summed E-state index contributed by atoms with van der Waals surface area (Å²) >= 11 is 0. The minimum atomic E-state index is -1.07. The van der Waals surface area contributed by atoms with Gasteiger partial charge in [0.25, 0.3) is 0 Å². The summed E-state index contributed by atoms with van der Waals surface area (Å²) < 4.78 is 5.48. The Morgan fingerprint density at radius 3 is 2.53 bits per heavy atom. The molecule has 2 heterocycles. The number of nitrogens with one attached hydrogen (secondary N) is 4. The van der Waals surface area contributed by atoms with Crippen LogP contribution in [0.2, 0.25) is 0 Å². The molecular formula is C22H32N4O6S2. The van der Waals surface area contributed by atoms with E-state index in [-0.39, 0.29) is 25.3 Å². The molecule has 1 spiro atoms. The highest BCUT2D eigenvalue weighted by atomic mass is 33.1. The summed E-state index contributed by atoms with van der Waals surface area (Å²) in [7, 11) is 3.00. The van der Waals surface area contributed by atoms with E-state index < -0.39 is 53.3 Å². The topological polar surface area (TPSA) is 143 Å². The molecule has 2 aliphatic heterocycles. The van der Waals surface area contributed by atoms with Crippen LogP contribution >= 0.6 is 21.6 Å². The van der Waals surface area contributed by atoms with E-state index in [1.165, 1.54) is 10.8 Å². The van der Waals surface area contributed by atoms with E-state index >= 15 is 0 Å². The number of amides is 4. The van der Waals surface area contributed by atoms with Gasteiger partial charge in [-0.15, -0.1) is 0 Å². The van der Waals surface area contributed by atoms with Crippen molar-refractivity contribution in [1.82, 2.24) is 21.3 Å². The number of fused-ring (bicyclic) bond motifs is 5. The van der Waals surface area contributed by atoms with Crippen molar-refractivity contribution in [2.24, 2.45) is 5.92 Å². The van der Waals surface area contributed by atoms with Gasteiger partial charge in [0, 0.05) is 18.1 Å². The zero-order valence-electron chi connectivity index (χ0n) is 19.4. The van der Waals surface area contributed by atoms with Crippen LogP contribution in [-0.4, -0.2) is 71.4 Å². The van der Waals surface area contributed by atoms with Crippen LogP contribution in [0.5, 0.6) is 0 Å². The van der Waals surface area contributed by atoms with Crippen molar-refractivity contribution in [2.75, 3.05) is 18.1 Å². The highest BCUT2D eigenvalue weighted by Crippen LogP contribution is 2.36. The summed E-state index contributed by atoms with van der Waals surface area (Å²) in [5.41, 5.74) is -1.07. The van der Waals surface area contributed by atoms with Crippen molar-refractivity contribution in [3.63, 3.8) is 0 Å². The van der Waals surface area contributed by atoms with Gasteiger partial charge in [-0.2, -0.15) is 0 Å². The lowest BCUT2D eigenvalue weighted by Gasteiger charge is -2.26. The number of allylic oxidation sites excluding steroid dienone is 1. The number of hydrogen-bond donors (Lipinski definition) is 4. The van der Waals surface area contributed by atoms with Crippen LogP contribution in [0.1, 0.15) is 46.0 Å².